The molecule has 0 aliphatic carbocycles. The van der Waals surface area contributed by atoms with E-state index >= 15 is 13.2 Å². The Labute approximate surface area is 263 Å². The van der Waals surface area contributed by atoms with Crippen LogP contribution in [0.15, 0.2) is 79.1 Å². The molecule has 240 valence electrons. The van der Waals surface area contributed by atoms with Crippen LogP contribution in [0.3, 0.4) is 0 Å². The Morgan fingerprint density at radius 3 is 2.48 bits per heavy atom. The number of halogens is 3. The molecule has 6 rings (SSSR count). The molecule has 1 N–H and O–H groups in total. The van der Waals surface area contributed by atoms with Gasteiger partial charge >= 0.3 is 6.18 Å². The van der Waals surface area contributed by atoms with Crippen molar-refractivity contribution in [1.82, 2.24) is 34.5 Å². The topological polar surface area (TPSA) is 101 Å². The normalized spacial score (nSPS) is 17.5. The average Bonchev–Trinajstić information content (AvgIpc) is 3.65. The van der Waals surface area contributed by atoms with Gasteiger partial charge in [0, 0.05) is 57.5 Å². The number of nitrogens with one attached hydrogen (secondary N) is 1. The molecular formula is C33H34F3N7O3. The Bertz CT molecular complexity index is 1820. The zero-order chi connectivity index (χ0) is 32.5. The van der Waals surface area contributed by atoms with Crippen LogP contribution in [0.5, 0.6) is 5.88 Å². The summed E-state index contributed by atoms with van der Waals surface area (Å²) in [7, 11) is 4.26. The third-order valence-electron chi connectivity index (χ3n) is 8.44. The van der Waals surface area contributed by atoms with Gasteiger partial charge in [0.15, 0.2) is 0 Å². The summed E-state index contributed by atoms with van der Waals surface area (Å²) in [5, 5.41) is 5.33. The maximum atomic E-state index is 15.1. The first-order valence-electron chi connectivity index (χ1n) is 14.8. The highest BCUT2D eigenvalue weighted by atomic mass is 19.4. The fourth-order valence-electron chi connectivity index (χ4n) is 6.13. The lowest BCUT2D eigenvalue weighted by molar-refractivity contribution is -0.271. The highest BCUT2D eigenvalue weighted by Gasteiger charge is 2.64. The summed E-state index contributed by atoms with van der Waals surface area (Å²) in [5.41, 5.74) is -0.751. The molecule has 46 heavy (non-hydrogen) atoms. The molecule has 0 unspecified atom stereocenters. The molecule has 0 bridgehead atoms. The molecule has 1 aliphatic heterocycles. The van der Waals surface area contributed by atoms with Crippen molar-refractivity contribution in [2.24, 2.45) is 7.05 Å². The minimum absolute atomic E-state index is 0.00123. The van der Waals surface area contributed by atoms with Crippen molar-refractivity contribution in [2.75, 3.05) is 33.9 Å². The van der Waals surface area contributed by atoms with Crippen LogP contribution in [-0.4, -0.2) is 80.5 Å². The van der Waals surface area contributed by atoms with Gasteiger partial charge in [0.25, 0.3) is 11.5 Å². The summed E-state index contributed by atoms with van der Waals surface area (Å²) in [4.78, 5) is 30.2. The lowest BCUT2D eigenvalue weighted by Gasteiger charge is -2.39. The van der Waals surface area contributed by atoms with E-state index in [1.807, 2.05) is 49.6 Å². The number of aryl methyl sites for hydroxylation is 1. The zero-order valence-corrected chi connectivity index (χ0v) is 25.7. The third-order valence-corrected chi connectivity index (χ3v) is 8.44. The fourth-order valence-corrected chi connectivity index (χ4v) is 6.13. The Balaban J connectivity index is 1.41. The molecule has 13 heteroatoms. The number of aromatic amines is 1. The van der Waals surface area contributed by atoms with Crippen LogP contribution in [0.1, 0.15) is 29.5 Å². The van der Waals surface area contributed by atoms with Gasteiger partial charge in [0.2, 0.25) is 5.88 Å². The van der Waals surface area contributed by atoms with Crippen LogP contribution in [0.2, 0.25) is 0 Å². The predicted molar refractivity (Wildman–Crippen MR) is 165 cm³/mol. The molecule has 2 atom stereocenters. The summed E-state index contributed by atoms with van der Waals surface area (Å²) in [5.74, 6) is -0.497. The van der Waals surface area contributed by atoms with E-state index in [1.54, 1.807) is 16.9 Å². The van der Waals surface area contributed by atoms with E-state index < -0.39 is 23.7 Å². The second-order valence-corrected chi connectivity index (χ2v) is 11.2. The summed E-state index contributed by atoms with van der Waals surface area (Å²) in [6.45, 7) is 1.29. The number of alkyl halides is 3. The molecule has 0 spiro atoms. The monoisotopic (exact) mass is 633 g/mol. The van der Waals surface area contributed by atoms with E-state index in [0.29, 0.717) is 49.0 Å². The number of amides is 1. The van der Waals surface area contributed by atoms with E-state index in [2.05, 4.69) is 25.0 Å². The molecule has 10 nitrogen and oxygen atoms in total. The second-order valence-electron chi connectivity index (χ2n) is 11.2. The van der Waals surface area contributed by atoms with Crippen molar-refractivity contribution in [2.45, 2.75) is 30.8 Å². The number of carbonyl (C=O) groups excluding carboxylic acids is 1. The lowest BCUT2D eigenvalue weighted by Crippen LogP contribution is -2.58. The van der Waals surface area contributed by atoms with Crippen molar-refractivity contribution in [3.63, 3.8) is 0 Å². The van der Waals surface area contributed by atoms with Crippen LogP contribution < -0.4 is 4.74 Å². The number of ether oxygens (including phenoxy) is 2. The average molecular weight is 634 g/mol. The van der Waals surface area contributed by atoms with E-state index in [9.17, 15) is 4.79 Å². The second kappa shape index (κ2) is 12.6. The minimum atomic E-state index is -5.05. The van der Waals surface area contributed by atoms with Gasteiger partial charge in [-0.3, -0.25) is 14.4 Å². The summed E-state index contributed by atoms with van der Waals surface area (Å²) in [6.07, 6.45) is -1.32. The number of imidazole rings is 1. The van der Waals surface area contributed by atoms with E-state index in [1.165, 1.54) is 36.3 Å². The SMILES string of the molecule is COc1nc2ccccc2cc1-c1cnc([C@@H]2CCN(Cc3ccn(C)n3)CCN2C(=O)[C@](OC)(c2ccccc2)C(F)(F)F)[nH]1. The highest BCUT2D eigenvalue weighted by Crippen LogP contribution is 2.45. The van der Waals surface area contributed by atoms with Gasteiger partial charge in [0.1, 0.15) is 5.82 Å². The van der Waals surface area contributed by atoms with E-state index in [4.69, 9.17) is 9.47 Å². The van der Waals surface area contributed by atoms with Crippen LogP contribution in [0.25, 0.3) is 22.2 Å². The number of methoxy groups -OCH3 is 2. The fraction of sp³-hybridized carbons (Fsp3) is 0.333. The molecule has 1 aliphatic rings. The molecule has 1 saturated heterocycles. The van der Waals surface area contributed by atoms with Gasteiger partial charge in [-0.25, -0.2) is 9.97 Å². The van der Waals surface area contributed by atoms with E-state index in [0.717, 1.165) is 23.7 Å². The van der Waals surface area contributed by atoms with Crippen molar-refractivity contribution in [1.29, 1.82) is 0 Å². The zero-order valence-electron chi connectivity index (χ0n) is 25.7. The maximum absolute atomic E-state index is 15.1. The lowest BCUT2D eigenvalue weighted by atomic mass is 9.90. The number of H-pyrrole nitrogens is 1. The molecule has 3 aromatic heterocycles. The first kappa shape index (κ1) is 31.2. The van der Waals surface area contributed by atoms with Crippen LogP contribution in [0, 0.1) is 0 Å². The number of hydrogen-bond acceptors (Lipinski definition) is 7. The summed E-state index contributed by atoms with van der Waals surface area (Å²) < 4.78 is 57.7. The maximum Gasteiger partial charge on any atom is 0.430 e. The summed E-state index contributed by atoms with van der Waals surface area (Å²) in [6, 6.07) is 17.6. The number of pyridine rings is 1. The van der Waals surface area contributed by atoms with Crippen molar-refractivity contribution in [3.05, 3.63) is 96.2 Å². The predicted octanol–water partition coefficient (Wildman–Crippen LogP) is 5.25. The van der Waals surface area contributed by atoms with Crippen LogP contribution in [-0.2, 0) is 28.7 Å². The minimum Gasteiger partial charge on any atom is -0.480 e. The van der Waals surface area contributed by atoms with Gasteiger partial charge in [-0.05, 0) is 24.6 Å². The largest absolute Gasteiger partial charge is 0.480 e. The van der Waals surface area contributed by atoms with Crippen LogP contribution in [0.4, 0.5) is 13.2 Å². The number of hydrogen-bond donors (Lipinski definition) is 1. The van der Waals surface area contributed by atoms with Crippen molar-refractivity contribution >= 4 is 16.8 Å². The van der Waals surface area contributed by atoms with Gasteiger partial charge in [-0.2, -0.15) is 18.3 Å². The molecule has 0 radical (unpaired) electrons. The highest BCUT2D eigenvalue weighted by molar-refractivity contribution is 5.88. The van der Waals surface area contributed by atoms with Gasteiger partial charge in [0.05, 0.1) is 41.8 Å². The first-order valence-corrected chi connectivity index (χ1v) is 14.8. The molecule has 5 aromatic rings. The number of benzene rings is 2. The van der Waals surface area contributed by atoms with Crippen LogP contribution >= 0.6 is 0 Å². The molecule has 1 fully saturated rings. The molecular weight excluding hydrogens is 599 g/mol. The van der Waals surface area contributed by atoms with Gasteiger partial charge < -0.3 is 19.4 Å². The Morgan fingerprint density at radius 2 is 1.78 bits per heavy atom. The number of rotatable bonds is 8. The molecule has 0 saturated carbocycles. The number of nitrogens with zero attached hydrogens (tertiary/aromatic N) is 6. The molecule has 4 heterocycles. The number of aromatic nitrogens is 5. The van der Waals surface area contributed by atoms with Gasteiger partial charge in [-0.1, -0.05) is 48.5 Å². The molecule has 2 aromatic carbocycles. The summed E-state index contributed by atoms with van der Waals surface area (Å²) >= 11 is 0. The Hall–Kier alpha value is -4.75. The van der Waals surface area contributed by atoms with Gasteiger partial charge in [-0.15, -0.1) is 0 Å². The first-order chi connectivity index (χ1) is 22.1. The number of fused-ring (bicyclic) bond motifs is 1. The van der Waals surface area contributed by atoms with Crippen molar-refractivity contribution in [3.8, 4) is 17.1 Å². The Kier molecular flexibility index (Phi) is 8.53. The quantitative estimate of drug-likeness (QED) is 0.249. The Morgan fingerprint density at radius 1 is 1.02 bits per heavy atom. The third kappa shape index (κ3) is 5.71. The smallest absolute Gasteiger partial charge is 0.430 e. The molecule has 1 amide bonds. The standard InChI is InChI=1S/C33H34F3N7O3/c1-41-15-13-24(40-41)21-42-16-14-28(29-37-20-27(38-29)25-19-22-9-7-8-12-26(22)39-30(25)45-2)43(18-17-42)31(44)32(46-3,33(34,35)36)23-10-5-4-6-11-23/h4-13,15,19-20,28H,14,16-18,21H2,1-3H3,(H,37,38)/t28-,32+/m0/s1. The number of para-hydroxylation sites is 1. The van der Waals surface area contributed by atoms with E-state index in [-0.39, 0.29) is 12.1 Å². The number of carbonyl (C=O) groups is 1. The van der Waals surface area contributed by atoms with Crippen molar-refractivity contribution < 1.29 is 27.4 Å².